The van der Waals surface area contributed by atoms with Gasteiger partial charge >= 0.3 is 0 Å². The Bertz CT molecular complexity index is 293. The molecule has 2 N–H and O–H groups in total. The predicted octanol–water partition coefficient (Wildman–Crippen LogP) is 1.17. The Hall–Kier alpha value is -0.930. The van der Waals surface area contributed by atoms with E-state index in [1.54, 1.807) is 0 Å². The summed E-state index contributed by atoms with van der Waals surface area (Å²) in [6.07, 6.45) is 6.44. The Morgan fingerprint density at radius 2 is 2.27 bits per heavy atom. The zero-order valence-corrected chi connectivity index (χ0v) is 9.29. The van der Waals surface area contributed by atoms with Crippen LogP contribution in [0.4, 0.5) is 0 Å². The van der Waals surface area contributed by atoms with Gasteiger partial charge in [0.1, 0.15) is 0 Å². The third-order valence-electron chi connectivity index (χ3n) is 3.06. The molecule has 1 aliphatic carbocycles. The summed E-state index contributed by atoms with van der Waals surface area (Å²) in [6.45, 7) is 3.18. The molecule has 1 heterocycles. The normalized spacial score (nSPS) is 17.7. The van der Waals surface area contributed by atoms with Crippen LogP contribution in [-0.2, 0) is 6.54 Å². The van der Waals surface area contributed by atoms with Crippen molar-refractivity contribution in [2.45, 2.75) is 19.4 Å². The molecule has 1 aromatic heterocycles. The highest BCUT2D eigenvalue weighted by Gasteiger charge is 2.41. The van der Waals surface area contributed by atoms with Crippen molar-refractivity contribution in [2.75, 3.05) is 20.1 Å². The predicted molar refractivity (Wildman–Crippen MR) is 61.5 cm³/mol. The fourth-order valence-corrected chi connectivity index (χ4v) is 1.94. The van der Waals surface area contributed by atoms with Crippen molar-refractivity contribution >= 4 is 0 Å². The summed E-state index contributed by atoms with van der Waals surface area (Å²) < 4.78 is 0. The third kappa shape index (κ3) is 3.01. The maximum atomic E-state index is 4.10. The topological polar surface area (TPSA) is 37.0 Å². The first kappa shape index (κ1) is 10.6. The average Bonchev–Trinajstić information content (AvgIpc) is 3.00. The molecule has 2 rings (SSSR count). The molecule has 0 spiro atoms. The lowest BCUT2D eigenvalue weighted by atomic mass is 10.1. The van der Waals surface area contributed by atoms with E-state index in [1.165, 1.54) is 18.4 Å². The average molecular weight is 205 g/mol. The largest absolute Gasteiger partial charge is 0.319 e. The van der Waals surface area contributed by atoms with Gasteiger partial charge in [0.15, 0.2) is 0 Å². The monoisotopic (exact) mass is 205 g/mol. The summed E-state index contributed by atoms with van der Waals surface area (Å²) in [7, 11) is 2.03. The van der Waals surface area contributed by atoms with Gasteiger partial charge in [-0.15, -0.1) is 0 Å². The fourth-order valence-electron chi connectivity index (χ4n) is 1.94. The van der Waals surface area contributed by atoms with Crippen molar-refractivity contribution < 1.29 is 0 Å². The summed E-state index contributed by atoms with van der Waals surface area (Å²) in [5.74, 6) is 0. The van der Waals surface area contributed by atoms with Crippen LogP contribution in [0.15, 0.2) is 24.5 Å². The smallest absolute Gasteiger partial charge is 0.0312 e. The molecule has 82 valence electrons. The molecular weight excluding hydrogens is 186 g/mol. The van der Waals surface area contributed by atoms with Crippen molar-refractivity contribution in [3.63, 3.8) is 0 Å². The minimum atomic E-state index is 0.539. The maximum absolute atomic E-state index is 4.10. The number of hydrogen-bond acceptors (Lipinski definition) is 3. The van der Waals surface area contributed by atoms with E-state index in [-0.39, 0.29) is 0 Å². The number of nitrogens with one attached hydrogen (secondary N) is 2. The van der Waals surface area contributed by atoms with Gasteiger partial charge in [-0.05, 0) is 36.9 Å². The van der Waals surface area contributed by atoms with Crippen LogP contribution in [0.2, 0.25) is 0 Å². The van der Waals surface area contributed by atoms with E-state index in [2.05, 4.69) is 21.7 Å². The van der Waals surface area contributed by atoms with Gasteiger partial charge in [-0.2, -0.15) is 0 Å². The van der Waals surface area contributed by atoms with Gasteiger partial charge in [0.05, 0.1) is 0 Å². The highest BCUT2D eigenvalue weighted by Crippen LogP contribution is 2.44. The van der Waals surface area contributed by atoms with Crippen molar-refractivity contribution in [3.05, 3.63) is 30.1 Å². The summed E-state index contributed by atoms with van der Waals surface area (Å²) in [4.78, 5) is 4.10. The van der Waals surface area contributed by atoms with Crippen LogP contribution >= 0.6 is 0 Å². The molecule has 1 saturated carbocycles. The van der Waals surface area contributed by atoms with Gasteiger partial charge in [0, 0.05) is 32.0 Å². The molecule has 0 atom stereocenters. The molecule has 1 fully saturated rings. The number of aromatic nitrogens is 1. The molecule has 0 amide bonds. The number of pyridine rings is 1. The van der Waals surface area contributed by atoms with E-state index in [9.17, 15) is 0 Å². The van der Waals surface area contributed by atoms with E-state index < -0.39 is 0 Å². The maximum Gasteiger partial charge on any atom is 0.0312 e. The zero-order valence-electron chi connectivity index (χ0n) is 9.29. The Labute approximate surface area is 91.3 Å². The van der Waals surface area contributed by atoms with E-state index in [0.717, 1.165) is 19.6 Å². The van der Waals surface area contributed by atoms with Crippen LogP contribution in [0.5, 0.6) is 0 Å². The first-order valence-electron chi connectivity index (χ1n) is 5.59. The van der Waals surface area contributed by atoms with Crippen LogP contribution in [-0.4, -0.2) is 25.1 Å². The van der Waals surface area contributed by atoms with Crippen LogP contribution in [0.25, 0.3) is 0 Å². The Kier molecular flexibility index (Phi) is 3.34. The Balaban J connectivity index is 1.71. The summed E-state index contributed by atoms with van der Waals surface area (Å²) in [6, 6.07) is 4.09. The number of rotatable bonds is 6. The quantitative estimate of drug-likeness (QED) is 0.732. The van der Waals surface area contributed by atoms with Crippen LogP contribution in [0.3, 0.4) is 0 Å². The summed E-state index contributed by atoms with van der Waals surface area (Å²) in [5, 5.41) is 6.78. The van der Waals surface area contributed by atoms with E-state index in [0.29, 0.717) is 5.41 Å². The number of nitrogens with zero attached hydrogens (tertiary/aromatic N) is 1. The molecule has 0 bridgehead atoms. The zero-order chi connectivity index (χ0) is 10.6. The van der Waals surface area contributed by atoms with Gasteiger partial charge in [-0.25, -0.2) is 0 Å². The molecule has 0 aliphatic heterocycles. The fraction of sp³-hybridized carbons (Fsp3) is 0.583. The van der Waals surface area contributed by atoms with Crippen LogP contribution in [0, 0.1) is 5.41 Å². The lowest BCUT2D eigenvalue weighted by Gasteiger charge is -2.15. The Morgan fingerprint density at radius 1 is 1.40 bits per heavy atom. The molecule has 0 unspecified atom stereocenters. The van der Waals surface area contributed by atoms with E-state index in [1.807, 2.05) is 25.5 Å². The second kappa shape index (κ2) is 4.73. The van der Waals surface area contributed by atoms with Crippen LogP contribution < -0.4 is 10.6 Å². The molecule has 1 aromatic rings. The third-order valence-corrected chi connectivity index (χ3v) is 3.06. The lowest BCUT2D eigenvalue weighted by Crippen LogP contribution is -2.31. The van der Waals surface area contributed by atoms with Gasteiger partial charge < -0.3 is 10.6 Å². The minimum absolute atomic E-state index is 0.539. The SMILES string of the molecule is CNCC1(CNCc2cccnc2)CC1. The first-order valence-corrected chi connectivity index (χ1v) is 5.59. The second-order valence-corrected chi connectivity index (χ2v) is 4.50. The molecule has 3 nitrogen and oxygen atoms in total. The van der Waals surface area contributed by atoms with Crippen molar-refractivity contribution in [1.82, 2.24) is 15.6 Å². The molecule has 0 radical (unpaired) electrons. The molecule has 3 heteroatoms. The van der Waals surface area contributed by atoms with Crippen molar-refractivity contribution in [3.8, 4) is 0 Å². The molecule has 1 aliphatic rings. The van der Waals surface area contributed by atoms with Gasteiger partial charge in [-0.3, -0.25) is 4.98 Å². The van der Waals surface area contributed by atoms with Crippen molar-refractivity contribution in [1.29, 1.82) is 0 Å². The first-order chi connectivity index (χ1) is 7.35. The van der Waals surface area contributed by atoms with E-state index in [4.69, 9.17) is 0 Å². The minimum Gasteiger partial charge on any atom is -0.319 e. The second-order valence-electron chi connectivity index (χ2n) is 4.50. The van der Waals surface area contributed by atoms with Crippen molar-refractivity contribution in [2.24, 2.45) is 5.41 Å². The van der Waals surface area contributed by atoms with Gasteiger partial charge in [0.2, 0.25) is 0 Å². The molecular formula is C12H19N3. The van der Waals surface area contributed by atoms with Gasteiger partial charge in [0.25, 0.3) is 0 Å². The standard InChI is InChI=1S/C12H19N3/c1-13-9-12(4-5-12)10-15-8-11-3-2-6-14-7-11/h2-3,6-7,13,15H,4-5,8-10H2,1H3. The Morgan fingerprint density at radius 3 is 2.87 bits per heavy atom. The highest BCUT2D eigenvalue weighted by atomic mass is 14.9. The van der Waals surface area contributed by atoms with Gasteiger partial charge in [-0.1, -0.05) is 6.07 Å². The molecule has 0 saturated heterocycles. The lowest BCUT2D eigenvalue weighted by molar-refractivity contribution is 0.438. The summed E-state index contributed by atoms with van der Waals surface area (Å²) in [5.41, 5.74) is 1.80. The molecule has 15 heavy (non-hydrogen) atoms. The summed E-state index contributed by atoms with van der Waals surface area (Å²) >= 11 is 0. The number of hydrogen-bond donors (Lipinski definition) is 2. The highest BCUT2D eigenvalue weighted by molar-refractivity contribution is 5.08. The molecule has 0 aromatic carbocycles. The van der Waals surface area contributed by atoms with E-state index >= 15 is 0 Å². The van der Waals surface area contributed by atoms with Crippen LogP contribution in [0.1, 0.15) is 18.4 Å².